The summed E-state index contributed by atoms with van der Waals surface area (Å²) < 4.78 is 26.4. The number of hydrogen-bond donors (Lipinski definition) is 2. The third-order valence-electron chi connectivity index (χ3n) is 2.65. The molecule has 0 saturated heterocycles. The number of pyridine rings is 1. The first-order valence-electron chi connectivity index (χ1n) is 5.90. The van der Waals surface area contributed by atoms with Gasteiger partial charge in [-0.25, -0.2) is 18.6 Å². The van der Waals surface area contributed by atoms with Gasteiger partial charge in [0.2, 0.25) is 0 Å². The van der Waals surface area contributed by atoms with E-state index in [0.29, 0.717) is 0 Å². The smallest absolute Gasteiger partial charge is 0.354 e. The highest BCUT2D eigenvalue weighted by atomic mass is 19.1. The largest absolute Gasteiger partial charge is 0.477 e. The van der Waals surface area contributed by atoms with Crippen molar-refractivity contribution in [1.29, 1.82) is 0 Å². The van der Waals surface area contributed by atoms with Crippen molar-refractivity contribution in [3.63, 3.8) is 0 Å². The summed E-state index contributed by atoms with van der Waals surface area (Å²) in [6.45, 7) is -0.235. The third kappa shape index (κ3) is 3.59. The summed E-state index contributed by atoms with van der Waals surface area (Å²) in [5.74, 6) is -3.21. The van der Waals surface area contributed by atoms with Crippen LogP contribution < -0.4 is 5.32 Å². The Morgan fingerprint density at radius 2 is 1.86 bits per heavy atom. The summed E-state index contributed by atoms with van der Waals surface area (Å²) >= 11 is 0. The molecule has 1 aromatic heterocycles. The normalized spacial score (nSPS) is 10.2. The fourth-order valence-electron chi connectivity index (χ4n) is 1.63. The summed E-state index contributed by atoms with van der Waals surface area (Å²) in [5, 5.41) is 11.1. The fourth-order valence-corrected chi connectivity index (χ4v) is 1.63. The second-order valence-electron chi connectivity index (χ2n) is 4.13. The molecule has 0 aliphatic heterocycles. The van der Waals surface area contributed by atoms with E-state index in [1.807, 2.05) is 0 Å². The van der Waals surface area contributed by atoms with Crippen LogP contribution in [0.5, 0.6) is 0 Å². The maximum atomic E-state index is 13.4. The SMILES string of the molecule is O=C(O)c1cccc(C(=O)NCc2cc(F)ccc2F)n1. The molecule has 0 unspecified atom stereocenters. The number of nitrogens with zero attached hydrogens (tertiary/aromatic N) is 1. The van der Waals surface area contributed by atoms with Crippen molar-refractivity contribution in [2.45, 2.75) is 6.54 Å². The van der Waals surface area contributed by atoms with Gasteiger partial charge >= 0.3 is 5.97 Å². The van der Waals surface area contributed by atoms with Crippen molar-refractivity contribution in [1.82, 2.24) is 10.3 Å². The van der Waals surface area contributed by atoms with Crippen LogP contribution in [-0.2, 0) is 6.54 Å². The van der Waals surface area contributed by atoms with Crippen molar-refractivity contribution in [2.24, 2.45) is 0 Å². The van der Waals surface area contributed by atoms with Gasteiger partial charge < -0.3 is 10.4 Å². The number of nitrogens with one attached hydrogen (secondary N) is 1. The molecule has 0 radical (unpaired) electrons. The molecule has 0 bridgehead atoms. The third-order valence-corrected chi connectivity index (χ3v) is 2.65. The van der Waals surface area contributed by atoms with Crippen LogP contribution in [0.25, 0.3) is 0 Å². The Hall–Kier alpha value is -2.83. The molecule has 0 aliphatic rings. The van der Waals surface area contributed by atoms with E-state index in [0.717, 1.165) is 18.2 Å². The van der Waals surface area contributed by atoms with Crippen molar-refractivity contribution in [3.8, 4) is 0 Å². The highest BCUT2D eigenvalue weighted by Crippen LogP contribution is 2.09. The number of aromatic nitrogens is 1. The molecule has 0 aliphatic carbocycles. The minimum atomic E-state index is -1.26. The van der Waals surface area contributed by atoms with Gasteiger partial charge in [-0.3, -0.25) is 4.79 Å². The lowest BCUT2D eigenvalue weighted by Gasteiger charge is -2.06. The van der Waals surface area contributed by atoms with Crippen molar-refractivity contribution in [3.05, 3.63) is 65.0 Å². The minimum absolute atomic E-state index is 0.0160. The number of carbonyl (C=O) groups excluding carboxylic acids is 1. The molecule has 1 aromatic carbocycles. The van der Waals surface area contributed by atoms with Crippen LogP contribution in [0.4, 0.5) is 8.78 Å². The molecule has 2 rings (SSSR count). The molecule has 1 heterocycles. The molecule has 5 nitrogen and oxygen atoms in total. The van der Waals surface area contributed by atoms with Gasteiger partial charge in [0.15, 0.2) is 0 Å². The Labute approximate surface area is 118 Å². The molecule has 0 fully saturated rings. The van der Waals surface area contributed by atoms with Gasteiger partial charge in [0.1, 0.15) is 23.0 Å². The number of carbonyl (C=O) groups is 2. The number of rotatable bonds is 4. The first-order valence-corrected chi connectivity index (χ1v) is 5.90. The Morgan fingerprint density at radius 1 is 1.14 bits per heavy atom. The van der Waals surface area contributed by atoms with Gasteiger partial charge in [-0.2, -0.15) is 0 Å². The molecule has 2 N–H and O–H groups in total. The molecule has 1 amide bonds. The van der Waals surface area contributed by atoms with E-state index in [1.165, 1.54) is 18.2 Å². The Morgan fingerprint density at radius 3 is 2.57 bits per heavy atom. The van der Waals surface area contributed by atoms with E-state index in [9.17, 15) is 18.4 Å². The van der Waals surface area contributed by atoms with Crippen LogP contribution in [0.1, 0.15) is 26.5 Å². The molecule has 108 valence electrons. The van der Waals surface area contributed by atoms with Gasteiger partial charge in [-0.05, 0) is 30.3 Å². The highest BCUT2D eigenvalue weighted by Gasteiger charge is 2.12. The van der Waals surface area contributed by atoms with Crippen LogP contribution in [0.2, 0.25) is 0 Å². The molecule has 2 aromatic rings. The molecular formula is C14H10F2N2O3. The maximum Gasteiger partial charge on any atom is 0.354 e. The molecule has 21 heavy (non-hydrogen) atoms. The number of carboxylic acids is 1. The molecular weight excluding hydrogens is 282 g/mol. The second-order valence-corrected chi connectivity index (χ2v) is 4.13. The summed E-state index contributed by atoms with van der Waals surface area (Å²) in [7, 11) is 0. The van der Waals surface area contributed by atoms with Gasteiger partial charge in [0.05, 0.1) is 0 Å². The lowest BCUT2D eigenvalue weighted by molar-refractivity contribution is 0.0690. The van der Waals surface area contributed by atoms with E-state index in [2.05, 4.69) is 10.3 Å². The second kappa shape index (κ2) is 6.08. The lowest BCUT2D eigenvalue weighted by Crippen LogP contribution is -2.25. The molecule has 0 atom stereocenters. The van der Waals surface area contributed by atoms with Crippen molar-refractivity contribution < 1.29 is 23.5 Å². The summed E-state index contributed by atoms with van der Waals surface area (Å²) in [6, 6.07) is 6.83. The fraction of sp³-hybridized carbons (Fsp3) is 0.0714. The topological polar surface area (TPSA) is 79.3 Å². The predicted octanol–water partition coefficient (Wildman–Crippen LogP) is 1.99. The standard InChI is InChI=1S/C14H10F2N2O3/c15-9-4-5-10(16)8(6-9)7-17-13(19)11-2-1-3-12(18-11)14(20)21/h1-6H,7H2,(H,17,19)(H,20,21). The van der Waals surface area contributed by atoms with Crippen LogP contribution >= 0.6 is 0 Å². The predicted molar refractivity (Wildman–Crippen MR) is 68.7 cm³/mol. The van der Waals surface area contributed by atoms with Gasteiger partial charge in [0.25, 0.3) is 5.91 Å². The Bertz CT molecular complexity index is 704. The van der Waals surface area contributed by atoms with E-state index in [1.54, 1.807) is 0 Å². The highest BCUT2D eigenvalue weighted by molar-refractivity contribution is 5.94. The van der Waals surface area contributed by atoms with Crippen LogP contribution in [0.3, 0.4) is 0 Å². The van der Waals surface area contributed by atoms with Crippen molar-refractivity contribution in [2.75, 3.05) is 0 Å². The number of halogens is 2. The number of carboxylic acid groups (broad SMARTS) is 1. The number of benzene rings is 1. The van der Waals surface area contributed by atoms with Crippen molar-refractivity contribution >= 4 is 11.9 Å². The average Bonchev–Trinajstić information content (AvgIpc) is 2.48. The average molecular weight is 292 g/mol. The van der Waals surface area contributed by atoms with Crippen LogP contribution in [0, 0.1) is 11.6 Å². The van der Waals surface area contributed by atoms with E-state index >= 15 is 0 Å². The zero-order valence-corrected chi connectivity index (χ0v) is 10.6. The summed E-state index contributed by atoms with van der Waals surface area (Å²) in [5.41, 5.74) is -0.413. The monoisotopic (exact) mass is 292 g/mol. The van der Waals surface area contributed by atoms with Crippen LogP contribution in [0.15, 0.2) is 36.4 Å². The Balaban J connectivity index is 2.10. The van der Waals surface area contributed by atoms with Gasteiger partial charge in [0, 0.05) is 12.1 Å². The van der Waals surface area contributed by atoms with Gasteiger partial charge in [-0.1, -0.05) is 6.07 Å². The number of amides is 1. The van der Waals surface area contributed by atoms with Gasteiger partial charge in [-0.15, -0.1) is 0 Å². The zero-order chi connectivity index (χ0) is 15.4. The minimum Gasteiger partial charge on any atom is -0.477 e. The van der Waals surface area contributed by atoms with E-state index in [-0.39, 0.29) is 23.5 Å². The quantitative estimate of drug-likeness (QED) is 0.903. The first-order chi connectivity index (χ1) is 9.97. The number of hydrogen-bond acceptors (Lipinski definition) is 3. The van der Waals surface area contributed by atoms with E-state index < -0.39 is 23.5 Å². The Kier molecular flexibility index (Phi) is 4.22. The maximum absolute atomic E-state index is 13.4. The molecule has 7 heteroatoms. The van der Waals surface area contributed by atoms with Crippen LogP contribution in [-0.4, -0.2) is 22.0 Å². The zero-order valence-electron chi connectivity index (χ0n) is 10.6. The summed E-state index contributed by atoms with van der Waals surface area (Å²) in [6.07, 6.45) is 0. The lowest BCUT2D eigenvalue weighted by atomic mass is 10.2. The number of aromatic carboxylic acids is 1. The summed E-state index contributed by atoms with van der Waals surface area (Å²) in [4.78, 5) is 26.2. The molecule has 0 spiro atoms. The first kappa shape index (κ1) is 14.6. The molecule has 0 saturated carbocycles. The van der Waals surface area contributed by atoms with E-state index in [4.69, 9.17) is 5.11 Å².